The molecule has 0 spiro atoms. The molecule has 1 aromatic carbocycles. The molecule has 3 heterocycles. The van der Waals surface area contributed by atoms with Gasteiger partial charge in [-0.1, -0.05) is 6.07 Å². The number of nitrogens with zero attached hydrogens (tertiary/aromatic N) is 2. The molecule has 0 unspecified atom stereocenters. The Morgan fingerprint density at radius 3 is 2.92 bits per heavy atom. The molecule has 0 radical (unpaired) electrons. The first-order chi connectivity index (χ1) is 12.7. The average molecular weight is 346 g/mol. The number of aliphatic hydroxyl groups excluding tert-OH is 1. The van der Waals surface area contributed by atoms with E-state index in [9.17, 15) is 9.90 Å². The lowest BCUT2D eigenvalue weighted by molar-refractivity contribution is -0.117. The molecule has 1 amide bonds. The number of anilines is 1. The zero-order valence-electron chi connectivity index (χ0n) is 14.1. The summed E-state index contributed by atoms with van der Waals surface area (Å²) in [6.45, 7) is -0.0267. The number of aliphatic hydroxyl groups is 1. The van der Waals surface area contributed by atoms with Gasteiger partial charge in [0, 0.05) is 29.2 Å². The van der Waals surface area contributed by atoms with E-state index in [1.54, 1.807) is 0 Å². The molecule has 0 aliphatic heterocycles. The predicted octanol–water partition coefficient (Wildman–Crippen LogP) is 3.32. The van der Waals surface area contributed by atoms with E-state index in [1.807, 2.05) is 53.3 Å². The van der Waals surface area contributed by atoms with Crippen molar-refractivity contribution in [2.45, 2.75) is 19.4 Å². The molecule has 0 bridgehead atoms. The highest BCUT2D eigenvalue weighted by Gasteiger charge is 2.30. The first kappa shape index (κ1) is 15.2. The molecule has 1 aliphatic carbocycles. The summed E-state index contributed by atoms with van der Waals surface area (Å²) in [6.07, 6.45) is 7.64. The minimum Gasteiger partial charge on any atom is -0.392 e. The summed E-state index contributed by atoms with van der Waals surface area (Å²) >= 11 is 0. The number of amides is 1. The van der Waals surface area contributed by atoms with E-state index < -0.39 is 0 Å². The van der Waals surface area contributed by atoms with E-state index in [0.717, 1.165) is 46.1 Å². The number of nitrogens with one attached hydrogen (secondary N) is 2. The Labute approximate surface area is 149 Å². The standard InChI is InChI=1S/C20H18N4O2/c25-11-14-3-5-16-15(7-8-21-16)19(14)13-4-6-18-22-17(10-24(18)9-13)23-20(26)12-1-2-12/h3-10,12,21,25H,1-2,11H2,(H,23,26). The van der Waals surface area contributed by atoms with Crippen molar-refractivity contribution in [3.8, 4) is 11.1 Å². The predicted molar refractivity (Wildman–Crippen MR) is 99.8 cm³/mol. The Hall–Kier alpha value is -3.12. The van der Waals surface area contributed by atoms with Crippen molar-refractivity contribution >= 4 is 28.3 Å². The van der Waals surface area contributed by atoms with Crippen molar-refractivity contribution in [3.05, 3.63) is 54.5 Å². The third-order valence-electron chi connectivity index (χ3n) is 4.93. The van der Waals surface area contributed by atoms with Crippen LogP contribution in [0.1, 0.15) is 18.4 Å². The lowest BCUT2D eigenvalue weighted by Gasteiger charge is -2.10. The quantitative estimate of drug-likeness (QED) is 0.530. The summed E-state index contributed by atoms with van der Waals surface area (Å²) in [6, 6.07) is 9.85. The number of pyridine rings is 1. The van der Waals surface area contributed by atoms with Gasteiger partial charge in [0.2, 0.25) is 5.91 Å². The highest BCUT2D eigenvalue weighted by atomic mass is 16.3. The average Bonchev–Trinajstić information content (AvgIpc) is 3.26. The van der Waals surface area contributed by atoms with Crippen molar-refractivity contribution in [2.75, 3.05) is 5.32 Å². The van der Waals surface area contributed by atoms with Crippen LogP contribution in [0.4, 0.5) is 5.82 Å². The summed E-state index contributed by atoms with van der Waals surface area (Å²) in [5, 5.41) is 13.7. The van der Waals surface area contributed by atoms with Gasteiger partial charge in [-0.05, 0) is 53.8 Å². The van der Waals surface area contributed by atoms with Gasteiger partial charge in [0.15, 0.2) is 5.82 Å². The summed E-state index contributed by atoms with van der Waals surface area (Å²) in [5.41, 5.74) is 4.67. The molecule has 1 aliphatic rings. The van der Waals surface area contributed by atoms with Gasteiger partial charge in [0.05, 0.1) is 12.8 Å². The van der Waals surface area contributed by atoms with Crippen molar-refractivity contribution < 1.29 is 9.90 Å². The van der Waals surface area contributed by atoms with Crippen LogP contribution in [0.5, 0.6) is 0 Å². The number of aromatic nitrogens is 3. The van der Waals surface area contributed by atoms with Gasteiger partial charge < -0.3 is 19.8 Å². The fourth-order valence-electron chi connectivity index (χ4n) is 3.42. The van der Waals surface area contributed by atoms with Gasteiger partial charge in [0.1, 0.15) is 5.65 Å². The Bertz CT molecular complexity index is 1140. The van der Waals surface area contributed by atoms with Crippen LogP contribution >= 0.6 is 0 Å². The Kier molecular flexibility index (Phi) is 3.33. The zero-order chi connectivity index (χ0) is 17.7. The highest BCUT2D eigenvalue weighted by molar-refractivity contribution is 5.97. The first-order valence-electron chi connectivity index (χ1n) is 8.73. The maximum atomic E-state index is 11.9. The van der Waals surface area contributed by atoms with E-state index >= 15 is 0 Å². The van der Waals surface area contributed by atoms with E-state index in [-0.39, 0.29) is 18.4 Å². The number of aromatic amines is 1. The number of hydrogen-bond donors (Lipinski definition) is 3. The molecule has 0 saturated heterocycles. The Morgan fingerprint density at radius 1 is 1.23 bits per heavy atom. The molecule has 130 valence electrons. The molecule has 26 heavy (non-hydrogen) atoms. The summed E-state index contributed by atoms with van der Waals surface area (Å²) in [4.78, 5) is 19.6. The molecular formula is C20H18N4O2. The first-order valence-corrected chi connectivity index (χ1v) is 8.73. The van der Waals surface area contributed by atoms with Crippen molar-refractivity contribution in [1.82, 2.24) is 14.4 Å². The number of carbonyl (C=O) groups is 1. The van der Waals surface area contributed by atoms with Crippen molar-refractivity contribution in [3.63, 3.8) is 0 Å². The van der Waals surface area contributed by atoms with Crippen LogP contribution in [-0.2, 0) is 11.4 Å². The number of rotatable bonds is 4. The van der Waals surface area contributed by atoms with Gasteiger partial charge >= 0.3 is 0 Å². The van der Waals surface area contributed by atoms with Crippen LogP contribution in [0.25, 0.3) is 27.7 Å². The van der Waals surface area contributed by atoms with Crippen molar-refractivity contribution in [1.29, 1.82) is 0 Å². The van der Waals surface area contributed by atoms with Gasteiger partial charge in [-0.2, -0.15) is 0 Å². The number of hydrogen-bond acceptors (Lipinski definition) is 3. The largest absolute Gasteiger partial charge is 0.392 e. The summed E-state index contributed by atoms with van der Waals surface area (Å²) in [7, 11) is 0. The minimum absolute atomic E-state index is 0.0267. The summed E-state index contributed by atoms with van der Waals surface area (Å²) < 4.78 is 1.91. The number of imidazole rings is 1. The van der Waals surface area contributed by atoms with Crippen LogP contribution < -0.4 is 5.32 Å². The van der Waals surface area contributed by atoms with Gasteiger partial charge in [-0.3, -0.25) is 4.79 Å². The van der Waals surface area contributed by atoms with Crippen molar-refractivity contribution in [2.24, 2.45) is 5.92 Å². The molecule has 5 rings (SSSR count). The topological polar surface area (TPSA) is 82.4 Å². The lowest BCUT2D eigenvalue weighted by atomic mass is 9.97. The molecule has 3 aromatic heterocycles. The molecule has 3 N–H and O–H groups in total. The SMILES string of the molecule is O=C(Nc1cn2cc(-c3c(CO)ccc4[nH]ccc34)ccc2n1)C1CC1. The van der Waals surface area contributed by atoms with Gasteiger partial charge in [-0.15, -0.1) is 0 Å². The number of H-pyrrole nitrogens is 1. The van der Waals surface area contributed by atoms with Gasteiger partial charge in [0.25, 0.3) is 0 Å². The number of carbonyl (C=O) groups excluding carboxylic acids is 1. The second kappa shape index (κ2) is 5.71. The maximum Gasteiger partial charge on any atom is 0.228 e. The minimum atomic E-state index is -0.0267. The van der Waals surface area contributed by atoms with E-state index in [2.05, 4.69) is 15.3 Å². The Balaban J connectivity index is 1.59. The summed E-state index contributed by atoms with van der Waals surface area (Å²) in [5.74, 6) is 0.767. The molecule has 6 heteroatoms. The second-order valence-electron chi connectivity index (χ2n) is 6.77. The number of benzene rings is 1. The number of fused-ring (bicyclic) bond motifs is 2. The zero-order valence-corrected chi connectivity index (χ0v) is 14.1. The molecular weight excluding hydrogens is 328 g/mol. The highest BCUT2D eigenvalue weighted by Crippen LogP contribution is 2.33. The molecule has 1 saturated carbocycles. The van der Waals surface area contributed by atoms with Gasteiger partial charge in [-0.25, -0.2) is 4.98 Å². The Morgan fingerprint density at radius 2 is 2.12 bits per heavy atom. The maximum absolute atomic E-state index is 11.9. The smallest absolute Gasteiger partial charge is 0.228 e. The van der Waals surface area contributed by atoms with Crippen LogP contribution in [0.2, 0.25) is 0 Å². The normalized spacial score (nSPS) is 14.2. The molecule has 4 aromatic rings. The monoisotopic (exact) mass is 346 g/mol. The lowest BCUT2D eigenvalue weighted by Crippen LogP contribution is -2.13. The van der Waals surface area contributed by atoms with E-state index in [4.69, 9.17) is 0 Å². The molecule has 6 nitrogen and oxygen atoms in total. The van der Waals surface area contributed by atoms with Crippen LogP contribution in [0, 0.1) is 5.92 Å². The van der Waals surface area contributed by atoms with Crippen LogP contribution in [0.15, 0.2) is 48.9 Å². The third kappa shape index (κ3) is 2.46. The molecule has 1 fully saturated rings. The van der Waals surface area contributed by atoms with Crippen LogP contribution in [-0.4, -0.2) is 25.4 Å². The van der Waals surface area contributed by atoms with E-state index in [0.29, 0.717) is 5.82 Å². The molecule has 0 atom stereocenters. The third-order valence-corrected chi connectivity index (χ3v) is 4.93. The second-order valence-corrected chi connectivity index (χ2v) is 6.77. The fourth-order valence-corrected chi connectivity index (χ4v) is 3.42. The fraction of sp³-hybridized carbons (Fsp3) is 0.200. The van der Waals surface area contributed by atoms with E-state index in [1.165, 1.54) is 0 Å². The van der Waals surface area contributed by atoms with Crippen LogP contribution in [0.3, 0.4) is 0 Å².